The number of nitrogens with zero attached hydrogens (tertiary/aromatic N) is 7. The zero-order valence-corrected chi connectivity index (χ0v) is 33.3. The van der Waals surface area contributed by atoms with E-state index in [1.165, 1.54) is 26.2 Å². The fourth-order valence-corrected chi connectivity index (χ4v) is 8.01. The second kappa shape index (κ2) is 17.7. The van der Waals surface area contributed by atoms with Gasteiger partial charge >= 0.3 is 6.03 Å². The lowest BCUT2D eigenvalue weighted by molar-refractivity contribution is -0.136. The Kier molecular flexibility index (Phi) is 13.5. The van der Waals surface area contributed by atoms with Crippen LogP contribution >= 0.6 is 35.6 Å². The first kappa shape index (κ1) is 41.2. The summed E-state index contributed by atoms with van der Waals surface area (Å²) >= 11 is 12.6. The number of nitriles is 1. The number of halogens is 3. The summed E-state index contributed by atoms with van der Waals surface area (Å²) in [5, 5.41) is 11.1. The van der Waals surface area contributed by atoms with E-state index in [4.69, 9.17) is 37.7 Å². The van der Waals surface area contributed by atoms with Crippen molar-refractivity contribution in [3.63, 3.8) is 0 Å². The molecule has 2 atom stereocenters. The first-order valence-electron chi connectivity index (χ1n) is 17.3. The van der Waals surface area contributed by atoms with Gasteiger partial charge in [-0.2, -0.15) is 5.26 Å². The molecule has 0 spiro atoms. The van der Waals surface area contributed by atoms with Gasteiger partial charge in [0.2, 0.25) is 15.9 Å². The Morgan fingerprint density at radius 2 is 1.52 bits per heavy atom. The van der Waals surface area contributed by atoms with Crippen LogP contribution in [0.1, 0.15) is 41.3 Å². The Balaban J connectivity index is 0.00000561. The molecule has 0 aromatic heterocycles. The van der Waals surface area contributed by atoms with E-state index < -0.39 is 22.1 Å². The minimum atomic E-state index is -4.11. The van der Waals surface area contributed by atoms with E-state index in [2.05, 4.69) is 0 Å². The molecular formula is C37H42Cl3N7O6S. The molecule has 2 saturated heterocycles. The molecule has 17 heteroatoms. The van der Waals surface area contributed by atoms with E-state index >= 15 is 4.79 Å². The van der Waals surface area contributed by atoms with Gasteiger partial charge in [-0.15, -0.1) is 12.4 Å². The molecule has 54 heavy (non-hydrogen) atoms. The van der Waals surface area contributed by atoms with Crippen LogP contribution < -0.4 is 4.74 Å². The Bertz CT molecular complexity index is 2010. The van der Waals surface area contributed by atoms with Gasteiger partial charge in [-0.25, -0.2) is 17.5 Å². The van der Waals surface area contributed by atoms with Crippen molar-refractivity contribution >= 4 is 63.4 Å². The number of carbonyl (C=O) groups is 2. The number of amides is 3. The van der Waals surface area contributed by atoms with Gasteiger partial charge < -0.3 is 19.3 Å². The first-order valence-corrected chi connectivity index (χ1v) is 19.5. The lowest BCUT2D eigenvalue weighted by Gasteiger charge is -2.39. The van der Waals surface area contributed by atoms with Crippen molar-refractivity contribution in [3.8, 4) is 11.8 Å². The van der Waals surface area contributed by atoms with Crippen molar-refractivity contribution in [3.05, 3.63) is 93.0 Å². The highest BCUT2D eigenvalue weighted by Crippen LogP contribution is 2.46. The van der Waals surface area contributed by atoms with Gasteiger partial charge in [0.05, 0.1) is 43.5 Å². The second-order valence-corrected chi connectivity index (χ2v) is 16.0. The molecule has 3 aromatic rings. The zero-order valence-electron chi connectivity index (χ0n) is 30.2. The highest BCUT2D eigenvalue weighted by Gasteiger charge is 2.45. The summed E-state index contributed by atoms with van der Waals surface area (Å²) in [6.07, 6.45) is 0. The third kappa shape index (κ3) is 8.63. The number of hydrogen-bond acceptors (Lipinski definition) is 9. The minimum absolute atomic E-state index is 0. The molecule has 0 N–H and O–H groups in total. The summed E-state index contributed by atoms with van der Waals surface area (Å²) in [7, 11) is -1.34. The molecule has 0 unspecified atom stereocenters. The number of carbonyl (C=O) groups excluding carboxylic acids is 2. The topological polar surface area (TPSA) is 139 Å². The van der Waals surface area contributed by atoms with Gasteiger partial charge in [0, 0.05) is 69.5 Å². The Morgan fingerprint density at radius 3 is 2.07 bits per heavy atom. The van der Waals surface area contributed by atoms with Gasteiger partial charge in [-0.05, 0) is 48.4 Å². The molecule has 3 heterocycles. The normalized spacial score (nSPS) is 19.3. The molecule has 3 aromatic carbocycles. The van der Waals surface area contributed by atoms with Gasteiger partial charge in [0.25, 0.3) is 0 Å². The molecule has 3 aliphatic rings. The van der Waals surface area contributed by atoms with Crippen LogP contribution in [-0.2, 0) is 19.6 Å². The number of benzene rings is 3. The zero-order chi connectivity index (χ0) is 37.9. The number of sulfonamides is 1. The van der Waals surface area contributed by atoms with Crippen LogP contribution in [0.2, 0.25) is 10.0 Å². The summed E-state index contributed by atoms with van der Waals surface area (Å²) in [5.41, 5.74) is 1.64. The monoisotopic (exact) mass is 817 g/mol. The molecule has 2 fully saturated rings. The van der Waals surface area contributed by atoms with Crippen molar-refractivity contribution in [2.45, 2.75) is 23.9 Å². The average molecular weight is 819 g/mol. The number of piperazine rings is 1. The van der Waals surface area contributed by atoms with Gasteiger partial charge in [0.15, 0.2) is 0 Å². The van der Waals surface area contributed by atoms with Gasteiger partial charge in [-0.3, -0.25) is 19.6 Å². The van der Waals surface area contributed by atoms with Crippen LogP contribution in [0.5, 0.6) is 5.75 Å². The molecular weight excluding hydrogens is 777 g/mol. The minimum Gasteiger partial charge on any atom is -0.493 e. The van der Waals surface area contributed by atoms with E-state index in [-0.39, 0.29) is 65.1 Å². The Morgan fingerprint density at radius 1 is 0.926 bits per heavy atom. The van der Waals surface area contributed by atoms with Gasteiger partial charge in [0.1, 0.15) is 28.6 Å². The van der Waals surface area contributed by atoms with E-state index in [1.807, 2.05) is 35.2 Å². The Labute approximate surface area is 332 Å². The van der Waals surface area contributed by atoms with Crippen molar-refractivity contribution in [2.24, 2.45) is 4.99 Å². The molecule has 3 amide bonds. The first-order chi connectivity index (χ1) is 25.4. The lowest BCUT2D eigenvalue weighted by atomic mass is 9.93. The van der Waals surface area contributed by atoms with E-state index in [0.717, 1.165) is 15.4 Å². The maximum absolute atomic E-state index is 15.0. The predicted octanol–water partition coefficient (Wildman–Crippen LogP) is 5.08. The van der Waals surface area contributed by atoms with Crippen LogP contribution in [0.15, 0.2) is 70.6 Å². The van der Waals surface area contributed by atoms with Crippen molar-refractivity contribution < 1.29 is 27.5 Å². The fourth-order valence-electron chi connectivity index (χ4n) is 6.72. The summed E-state index contributed by atoms with van der Waals surface area (Å²) in [6, 6.07) is 17.4. The van der Waals surface area contributed by atoms with Crippen LogP contribution in [0, 0.1) is 11.3 Å². The SMILES string of the molecule is CCOc1cc(C#N)c(S(=O)(=O)N(C)C)cc1C1=N[C@@H](c2ccc(Cl)cc2)[C@@H](c2ccc(Cl)cc2)N1C(=O)N1CCN(CC(=O)N2CCOCC2)CC1.Cl. The summed E-state index contributed by atoms with van der Waals surface area (Å²) in [5.74, 6) is 0.419. The van der Waals surface area contributed by atoms with Crippen molar-refractivity contribution in [2.75, 3.05) is 79.7 Å². The lowest BCUT2D eigenvalue weighted by Crippen LogP contribution is -2.56. The maximum Gasteiger partial charge on any atom is 0.326 e. The van der Waals surface area contributed by atoms with Crippen molar-refractivity contribution in [1.29, 1.82) is 5.26 Å². The standard InChI is InChI=1S/C37H41Cl2N7O6S.ClH/c1-4-52-31-21-27(23-40)32(53(49,50)42(2)3)22-30(31)36-41-34(25-5-9-28(38)10-6-25)35(26-7-11-29(39)12-8-26)46(36)37(48)45-15-13-43(14-16-45)24-33(47)44-17-19-51-20-18-44;/h5-12,21-22,34-35H,4,13-20,24H2,1-3H3;1H/t34-,35+;/m0./s1. The third-order valence-corrected chi connectivity index (χ3v) is 11.9. The van der Waals surface area contributed by atoms with Crippen molar-refractivity contribution in [1.82, 2.24) is 23.9 Å². The number of rotatable bonds is 9. The average Bonchev–Trinajstić information content (AvgIpc) is 3.56. The predicted molar refractivity (Wildman–Crippen MR) is 208 cm³/mol. The molecule has 6 rings (SSSR count). The summed E-state index contributed by atoms with van der Waals surface area (Å²) in [4.78, 5) is 40.1. The summed E-state index contributed by atoms with van der Waals surface area (Å²) < 4.78 is 39.6. The van der Waals surface area contributed by atoms with E-state index in [9.17, 15) is 18.5 Å². The van der Waals surface area contributed by atoms with Crippen LogP contribution in [0.3, 0.4) is 0 Å². The highest BCUT2D eigenvalue weighted by atomic mass is 35.5. The van der Waals surface area contributed by atoms with Gasteiger partial charge in [-0.1, -0.05) is 47.5 Å². The fraction of sp³-hybridized carbons (Fsp3) is 0.405. The highest BCUT2D eigenvalue weighted by molar-refractivity contribution is 7.89. The van der Waals surface area contributed by atoms with E-state index in [1.54, 1.807) is 45.9 Å². The van der Waals surface area contributed by atoms with E-state index in [0.29, 0.717) is 62.5 Å². The molecule has 0 radical (unpaired) electrons. The maximum atomic E-state index is 15.0. The number of aliphatic imine (C=N–C) groups is 1. The number of morpholine rings is 1. The van der Waals surface area contributed by atoms with Crippen LogP contribution in [0.25, 0.3) is 0 Å². The van der Waals surface area contributed by atoms with Crippen LogP contribution in [0.4, 0.5) is 4.79 Å². The molecule has 288 valence electrons. The molecule has 0 bridgehead atoms. The third-order valence-electron chi connectivity index (χ3n) is 9.56. The molecule has 3 aliphatic heterocycles. The number of urea groups is 1. The Hall–Kier alpha value is -3.94. The summed E-state index contributed by atoms with van der Waals surface area (Å²) in [6.45, 7) is 6.00. The largest absolute Gasteiger partial charge is 0.493 e. The number of ether oxygens (including phenoxy) is 2. The number of hydrogen-bond donors (Lipinski definition) is 0. The molecule has 13 nitrogen and oxygen atoms in total. The van der Waals surface area contributed by atoms with Crippen LogP contribution in [-0.4, -0.2) is 130 Å². The quantitative estimate of drug-likeness (QED) is 0.292. The smallest absolute Gasteiger partial charge is 0.326 e. The molecule has 0 saturated carbocycles. The molecule has 0 aliphatic carbocycles. The number of amidine groups is 1. The second-order valence-electron chi connectivity index (χ2n) is 13.0.